The predicted molar refractivity (Wildman–Crippen MR) is 69.4 cm³/mol. The number of nitrogens with zero attached hydrogens (tertiary/aromatic N) is 1. The van der Waals surface area contributed by atoms with E-state index >= 15 is 0 Å². The third kappa shape index (κ3) is 3.63. The van der Waals surface area contributed by atoms with Crippen LogP contribution >= 0.6 is 12.2 Å². The Labute approximate surface area is 103 Å². The highest BCUT2D eigenvalue weighted by Gasteiger charge is 2.23. The Morgan fingerprint density at radius 2 is 2.25 bits per heavy atom. The minimum absolute atomic E-state index is 0.00954. The second-order valence-corrected chi connectivity index (χ2v) is 4.89. The Morgan fingerprint density at radius 1 is 1.62 bits per heavy atom. The Bertz CT molecular complexity index is 266. The molecule has 5 heteroatoms. The summed E-state index contributed by atoms with van der Waals surface area (Å²) in [5.41, 5.74) is 5.55. The number of carbonyl (C=O) groups excluding carboxylic acids is 1. The minimum atomic E-state index is 0.00954. The largest absolute Gasteiger partial charge is 0.393 e. The summed E-state index contributed by atoms with van der Waals surface area (Å²) < 4.78 is 0. The van der Waals surface area contributed by atoms with Crippen LogP contribution in [0.25, 0.3) is 0 Å². The van der Waals surface area contributed by atoms with E-state index in [1.165, 1.54) is 6.42 Å². The van der Waals surface area contributed by atoms with Gasteiger partial charge in [-0.05, 0) is 26.2 Å². The molecule has 0 saturated heterocycles. The lowest BCUT2D eigenvalue weighted by atomic mass is 9.93. The standard InChI is InChI=1S/C11H21N3OS/c1-3-14(7-8(2)10(12)16)11(15)13-9-5-4-6-9/h8-9H,3-7H2,1-2H3,(H2,12,16)(H,13,15). The van der Waals surface area contributed by atoms with Crippen molar-refractivity contribution < 1.29 is 4.79 Å². The van der Waals surface area contributed by atoms with Crippen LogP contribution in [0.1, 0.15) is 33.1 Å². The molecule has 0 aromatic rings. The van der Waals surface area contributed by atoms with Crippen molar-refractivity contribution in [3.63, 3.8) is 0 Å². The summed E-state index contributed by atoms with van der Waals surface area (Å²) in [6.07, 6.45) is 3.43. The smallest absolute Gasteiger partial charge is 0.317 e. The van der Waals surface area contributed by atoms with Gasteiger partial charge in [-0.15, -0.1) is 0 Å². The number of amides is 2. The Morgan fingerprint density at radius 3 is 2.62 bits per heavy atom. The SMILES string of the molecule is CCN(CC(C)C(N)=S)C(=O)NC1CCC1. The fourth-order valence-corrected chi connectivity index (χ4v) is 1.67. The van der Waals surface area contributed by atoms with E-state index in [1.807, 2.05) is 13.8 Å². The first-order chi connectivity index (χ1) is 7.54. The van der Waals surface area contributed by atoms with Gasteiger partial charge in [-0.25, -0.2) is 4.79 Å². The van der Waals surface area contributed by atoms with Crippen LogP contribution in [0.4, 0.5) is 4.79 Å². The lowest BCUT2D eigenvalue weighted by Crippen LogP contribution is -2.49. The van der Waals surface area contributed by atoms with Gasteiger partial charge in [0.25, 0.3) is 0 Å². The van der Waals surface area contributed by atoms with Crippen LogP contribution in [0.5, 0.6) is 0 Å². The van der Waals surface area contributed by atoms with Crippen LogP contribution in [0.15, 0.2) is 0 Å². The van der Waals surface area contributed by atoms with E-state index in [0.29, 0.717) is 24.1 Å². The lowest BCUT2D eigenvalue weighted by molar-refractivity contribution is 0.186. The molecular formula is C11H21N3OS. The average molecular weight is 243 g/mol. The monoisotopic (exact) mass is 243 g/mol. The quantitative estimate of drug-likeness (QED) is 0.719. The first-order valence-corrected chi connectivity index (χ1v) is 6.30. The third-order valence-corrected chi connectivity index (χ3v) is 3.48. The number of carbonyl (C=O) groups is 1. The van der Waals surface area contributed by atoms with Crippen LogP contribution in [0, 0.1) is 5.92 Å². The number of nitrogens with two attached hydrogens (primary N) is 1. The normalized spacial score (nSPS) is 17.4. The van der Waals surface area contributed by atoms with Crippen LogP contribution < -0.4 is 11.1 Å². The van der Waals surface area contributed by atoms with E-state index in [4.69, 9.17) is 18.0 Å². The second kappa shape index (κ2) is 6.03. The average Bonchev–Trinajstić information content (AvgIpc) is 2.18. The molecule has 16 heavy (non-hydrogen) atoms. The Kier molecular flexibility index (Phi) is 4.99. The number of thiocarbonyl (C=S) groups is 1. The molecule has 1 saturated carbocycles. The first-order valence-electron chi connectivity index (χ1n) is 5.89. The molecule has 92 valence electrons. The number of hydrogen-bond acceptors (Lipinski definition) is 2. The van der Waals surface area contributed by atoms with E-state index in [9.17, 15) is 4.79 Å². The van der Waals surface area contributed by atoms with Crippen LogP contribution in [-0.4, -0.2) is 35.1 Å². The summed E-state index contributed by atoms with van der Waals surface area (Å²) in [5.74, 6) is 0.0714. The van der Waals surface area contributed by atoms with E-state index in [1.54, 1.807) is 4.90 Å². The fraction of sp³-hybridized carbons (Fsp3) is 0.818. The van der Waals surface area contributed by atoms with E-state index in [-0.39, 0.29) is 11.9 Å². The van der Waals surface area contributed by atoms with E-state index < -0.39 is 0 Å². The number of hydrogen-bond donors (Lipinski definition) is 2. The zero-order valence-electron chi connectivity index (χ0n) is 10.0. The second-order valence-electron chi connectivity index (χ2n) is 4.42. The molecular weight excluding hydrogens is 222 g/mol. The van der Waals surface area contributed by atoms with Crippen LogP contribution in [0.2, 0.25) is 0 Å². The summed E-state index contributed by atoms with van der Waals surface area (Å²) in [7, 11) is 0. The molecule has 0 aromatic heterocycles. The number of urea groups is 1. The molecule has 0 heterocycles. The van der Waals surface area contributed by atoms with Crippen molar-refractivity contribution in [3.8, 4) is 0 Å². The van der Waals surface area contributed by atoms with Crippen molar-refractivity contribution in [1.82, 2.24) is 10.2 Å². The van der Waals surface area contributed by atoms with Gasteiger partial charge in [-0.1, -0.05) is 19.1 Å². The summed E-state index contributed by atoms with van der Waals surface area (Å²) in [4.78, 5) is 14.1. The molecule has 3 N–H and O–H groups in total. The Hall–Kier alpha value is -0.840. The van der Waals surface area contributed by atoms with Crippen LogP contribution in [-0.2, 0) is 0 Å². The molecule has 0 aromatic carbocycles. The van der Waals surface area contributed by atoms with Gasteiger partial charge in [0.2, 0.25) is 0 Å². The molecule has 1 aliphatic carbocycles. The van der Waals surface area contributed by atoms with Crippen molar-refractivity contribution in [2.75, 3.05) is 13.1 Å². The van der Waals surface area contributed by atoms with Gasteiger partial charge in [0.1, 0.15) is 0 Å². The van der Waals surface area contributed by atoms with Gasteiger partial charge < -0.3 is 16.0 Å². The molecule has 4 nitrogen and oxygen atoms in total. The molecule has 1 unspecified atom stereocenters. The summed E-state index contributed by atoms with van der Waals surface area (Å²) >= 11 is 4.91. The Balaban J connectivity index is 2.39. The highest BCUT2D eigenvalue weighted by atomic mass is 32.1. The molecule has 0 radical (unpaired) electrons. The molecule has 1 aliphatic rings. The maximum absolute atomic E-state index is 11.9. The van der Waals surface area contributed by atoms with Crippen molar-refractivity contribution in [2.45, 2.75) is 39.2 Å². The van der Waals surface area contributed by atoms with Crippen molar-refractivity contribution in [1.29, 1.82) is 0 Å². The highest BCUT2D eigenvalue weighted by Crippen LogP contribution is 2.18. The molecule has 1 atom stereocenters. The van der Waals surface area contributed by atoms with Gasteiger partial charge in [-0.2, -0.15) is 0 Å². The predicted octanol–water partition coefficient (Wildman–Crippen LogP) is 1.49. The molecule has 2 amide bonds. The third-order valence-electron chi connectivity index (χ3n) is 3.08. The molecule has 0 bridgehead atoms. The fourth-order valence-electron chi connectivity index (χ4n) is 1.59. The summed E-state index contributed by atoms with van der Waals surface area (Å²) in [6.45, 7) is 5.20. The minimum Gasteiger partial charge on any atom is -0.393 e. The highest BCUT2D eigenvalue weighted by molar-refractivity contribution is 7.80. The maximum Gasteiger partial charge on any atom is 0.317 e. The molecule has 0 aliphatic heterocycles. The summed E-state index contributed by atoms with van der Waals surface area (Å²) in [5, 5.41) is 3.01. The molecule has 1 fully saturated rings. The zero-order chi connectivity index (χ0) is 12.1. The summed E-state index contributed by atoms with van der Waals surface area (Å²) in [6, 6.07) is 0.386. The van der Waals surface area contributed by atoms with Gasteiger partial charge in [0.05, 0.1) is 4.99 Å². The lowest BCUT2D eigenvalue weighted by Gasteiger charge is -2.31. The van der Waals surface area contributed by atoms with Gasteiger partial charge >= 0.3 is 6.03 Å². The molecule has 1 rings (SSSR count). The maximum atomic E-state index is 11.9. The molecule has 0 spiro atoms. The van der Waals surface area contributed by atoms with Gasteiger partial charge in [0.15, 0.2) is 0 Å². The van der Waals surface area contributed by atoms with E-state index in [0.717, 1.165) is 12.8 Å². The number of rotatable bonds is 5. The van der Waals surface area contributed by atoms with Crippen molar-refractivity contribution >= 4 is 23.2 Å². The number of nitrogens with one attached hydrogen (secondary N) is 1. The van der Waals surface area contributed by atoms with Crippen molar-refractivity contribution in [2.24, 2.45) is 11.7 Å². The van der Waals surface area contributed by atoms with Crippen LogP contribution in [0.3, 0.4) is 0 Å². The van der Waals surface area contributed by atoms with Gasteiger partial charge in [-0.3, -0.25) is 0 Å². The topological polar surface area (TPSA) is 58.4 Å². The first kappa shape index (κ1) is 13.2. The van der Waals surface area contributed by atoms with E-state index in [2.05, 4.69) is 5.32 Å². The van der Waals surface area contributed by atoms with Gasteiger partial charge in [0, 0.05) is 25.0 Å². The van der Waals surface area contributed by atoms with Crippen molar-refractivity contribution in [3.05, 3.63) is 0 Å². The zero-order valence-corrected chi connectivity index (χ0v) is 10.8.